The summed E-state index contributed by atoms with van der Waals surface area (Å²) in [5, 5.41) is 6.51. The molecule has 1 aliphatic carbocycles. The molecule has 2 heteroatoms. The van der Waals surface area contributed by atoms with Crippen LogP contribution in [0.3, 0.4) is 0 Å². The maximum atomic E-state index is 6.35. The zero-order valence-corrected chi connectivity index (χ0v) is 16.5. The predicted octanol–water partition coefficient (Wildman–Crippen LogP) is 6.09. The van der Waals surface area contributed by atoms with Gasteiger partial charge in [-0.25, -0.2) is 0 Å². The molecule has 138 valence electrons. The number of para-hydroxylation sites is 1. The molecule has 0 fully saturated rings. The highest BCUT2D eigenvalue weighted by atomic mass is 16.5. The highest BCUT2D eigenvalue weighted by Crippen LogP contribution is 2.56. The van der Waals surface area contributed by atoms with Crippen LogP contribution < -0.4 is 9.30 Å². The Morgan fingerprint density at radius 3 is 2.48 bits per heavy atom. The van der Waals surface area contributed by atoms with Crippen molar-refractivity contribution in [2.45, 2.75) is 26.0 Å². The summed E-state index contributed by atoms with van der Waals surface area (Å²) in [6.07, 6.45) is 0. The number of ether oxygens (including phenoxy) is 1. The lowest BCUT2D eigenvalue weighted by molar-refractivity contribution is -0.693. The molecule has 0 radical (unpaired) electrons. The van der Waals surface area contributed by atoms with E-state index in [1.165, 1.54) is 54.8 Å². The maximum Gasteiger partial charge on any atom is 0.293 e. The molecule has 0 atom stereocenters. The molecule has 2 aliphatic rings. The number of rotatable bonds is 0. The van der Waals surface area contributed by atoms with Gasteiger partial charge in [-0.05, 0) is 45.3 Å². The predicted molar refractivity (Wildman–Crippen MR) is 117 cm³/mol. The highest BCUT2D eigenvalue weighted by Gasteiger charge is 2.47. The van der Waals surface area contributed by atoms with Crippen molar-refractivity contribution in [3.8, 4) is 17.0 Å². The van der Waals surface area contributed by atoms with Gasteiger partial charge in [-0.2, -0.15) is 4.57 Å². The topological polar surface area (TPSA) is 13.1 Å². The third kappa shape index (κ3) is 1.76. The standard InChI is InChI=1S/C27H20NO/c1-27(2)20-13-17-8-4-6-10-21(17)28-15-29-22-14-18-12-11-16-7-3-5-9-19(16)23(18)25(27)24(22)26(20)28/h3-14H,15H2,1-2H3/q+1. The van der Waals surface area contributed by atoms with Crippen LogP contribution in [-0.4, -0.2) is 0 Å². The molecule has 0 spiro atoms. The van der Waals surface area contributed by atoms with E-state index in [9.17, 15) is 0 Å². The SMILES string of the molecule is CC1(C)c2cc3ccccc3[n+]3c2-c2c(cc4ccc5ccccc5c4c21)OC3. The number of fused-ring (bicyclic) bond motifs is 6. The van der Waals surface area contributed by atoms with Crippen molar-refractivity contribution in [1.29, 1.82) is 0 Å². The van der Waals surface area contributed by atoms with Gasteiger partial charge < -0.3 is 4.74 Å². The first kappa shape index (κ1) is 15.5. The molecule has 0 unspecified atom stereocenters. The van der Waals surface area contributed by atoms with Gasteiger partial charge in [0.15, 0.2) is 0 Å². The fourth-order valence-electron chi connectivity index (χ4n) is 5.62. The van der Waals surface area contributed by atoms with Gasteiger partial charge in [-0.3, -0.25) is 0 Å². The van der Waals surface area contributed by atoms with Gasteiger partial charge in [0.05, 0.1) is 5.56 Å². The number of pyridine rings is 1. The van der Waals surface area contributed by atoms with Crippen molar-refractivity contribution < 1.29 is 9.30 Å². The van der Waals surface area contributed by atoms with Crippen LogP contribution in [0, 0.1) is 0 Å². The molecular formula is C27H20NO+. The van der Waals surface area contributed by atoms with Crippen LogP contribution in [0.1, 0.15) is 25.0 Å². The molecule has 4 aromatic carbocycles. The zero-order chi connectivity index (χ0) is 19.3. The molecule has 7 rings (SSSR count). The third-order valence-corrected chi connectivity index (χ3v) is 6.93. The van der Waals surface area contributed by atoms with Crippen molar-refractivity contribution in [3.05, 3.63) is 83.9 Å². The quantitative estimate of drug-likeness (QED) is 0.236. The second-order valence-corrected chi connectivity index (χ2v) is 8.80. The Balaban J connectivity index is 1.76. The number of hydrogen-bond donors (Lipinski definition) is 0. The van der Waals surface area contributed by atoms with Gasteiger partial charge in [-0.1, -0.05) is 62.4 Å². The van der Waals surface area contributed by atoms with E-state index in [4.69, 9.17) is 4.74 Å². The van der Waals surface area contributed by atoms with Crippen LogP contribution in [0.4, 0.5) is 0 Å². The molecule has 0 bridgehead atoms. The van der Waals surface area contributed by atoms with E-state index in [1.54, 1.807) is 0 Å². The summed E-state index contributed by atoms with van der Waals surface area (Å²) in [7, 11) is 0. The van der Waals surface area contributed by atoms with Crippen molar-refractivity contribution >= 4 is 32.4 Å². The van der Waals surface area contributed by atoms with E-state index in [1.807, 2.05) is 0 Å². The smallest absolute Gasteiger partial charge is 0.293 e. The number of benzene rings is 4. The Kier molecular flexibility index (Phi) is 2.65. The van der Waals surface area contributed by atoms with Crippen molar-refractivity contribution in [3.63, 3.8) is 0 Å². The second kappa shape index (κ2) is 4.96. The van der Waals surface area contributed by atoms with E-state index in [2.05, 4.69) is 91.2 Å². The third-order valence-electron chi connectivity index (χ3n) is 6.93. The van der Waals surface area contributed by atoms with Crippen molar-refractivity contribution in [2.24, 2.45) is 0 Å². The molecular weight excluding hydrogens is 354 g/mol. The maximum absolute atomic E-state index is 6.35. The van der Waals surface area contributed by atoms with E-state index >= 15 is 0 Å². The van der Waals surface area contributed by atoms with Gasteiger partial charge >= 0.3 is 0 Å². The van der Waals surface area contributed by atoms with Gasteiger partial charge in [0.25, 0.3) is 6.73 Å². The molecule has 0 N–H and O–H groups in total. The lowest BCUT2D eigenvalue weighted by Crippen LogP contribution is -2.42. The first-order valence-electron chi connectivity index (χ1n) is 10.2. The average Bonchev–Trinajstić information content (AvgIpc) is 2.99. The zero-order valence-electron chi connectivity index (χ0n) is 16.5. The van der Waals surface area contributed by atoms with Crippen molar-refractivity contribution in [1.82, 2.24) is 0 Å². The molecule has 5 aromatic rings. The summed E-state index contributed by atoms with van der Waals surface area (Å²) in [5.41, 5.74) is 6.56. The minimum absolute atomic E-state index is 0.0947. The molecule has 0 amide bonds. The van der Waals surface area contributed by atoms with Crippen LogP contribution in [0.5, 0.6) is 5.75 Å². The molecule has 29 heavy (non-hydrogen) atoms. The summed E-state index contributed by atoms with van der Waals surface area (Å²) < 4.78 is 8.71. The Hall–Kier alpha value is -3.39. The fraction of sp³-hybridized carbons (Fsp3) is 0.148. The Morgan fingerprint density at radius 2 is 1.59 bits per heavy atom. The Bertz CT molecular complexity index is 1530. The summed E-state index contributed by atoms with van der Waals surface area (Å²) >= 11 is 0. The van der Waals surface area contributed by atoms with Crippen LogP contribution in [0.15, 0.2) is 72.8 Å². The summed E-state index contributed by atoms with van der Waals surface area (Å²) in [6.45, 7) is 5.30. The van der Waals surface area contributed by atoms with E-state index in [-0.39, 0.29) is 5.41 Å². The molecule has 1 aliphatic heterocycles. The van der Waals surface area contributed by atoms with Gasteiger partial charge in [0.1, 0.15) is 5.75 Å². The minimum atomic E-state index is -0.0947. The lowest BCUT2D eigenvalue weighted by atomic mass is 9.79. The van der Waals surface area contributed by atoms with E-state index < -0.39 is 0 Å². The van der Waals surface area contributed by atoms with E-state index in [0.717, 1.165) is 5.75 Å². The van der Waals surface area contributed by atoms with Crippen LogP contribution in [0.25, 0.3) is 43.7 Å². The van der Waals surface area contributed by atoms with Crippen LogP contribution >= 0.6 is 0 Å². The Morgan fingerprint density at radius 1 is 0.828 bits per heavy atom. The minimum Gasteiger partial charge on any atom is -0.435 e. The average molecular weight is 374 g/mol. The van der Waals surface area contributed by atoms with Gasteiger partial charge in [0, 0.05) is 22.4 Å². The number of aromatic nitrogens is 1. The van der Waals surface area contributed by atoms with Crippen molar-refractivity contribution in [2.75, 3.05) is 0 Å². The molecule has 2 heterocycles. The number of hydrogen-bond acceptors (Lipinski definition) is 1. The number of nitrogens with zero attached hydrogens (tertiary/aromatic N) is 1. The molecule has 1 aromatic heterocycles. The lowest BCUT2D eigenvalue weighted by Gasteiger charge is -2.23. The molecule has 2 nitrogen and oxygen atoms in total. The highest BCUT2D eigenvalue weighted by molar-refractivity contribution is 6.13. The molecule has 0 saturated heterocycles. The first-order chi connectivity index (χ1) is 14.1. The fourth-order valence-corrected chi connectivity index (χ4v) is 5.62. The molecule has 0 saturated carbocycles. The normalized spacial score (nSPS) is 15.7. The first-order valence-corrected chi connectivity index (χ1v) is 10.2. The van der Waals surface area contributed by atoms with Crippen LogP contribution in [-0.2, 0) is 12.1 Å². The van der Waals surface area contributed by atoms with Gasteiger partial charge in [-0.15, -0.1) is 0 Å². The van der Waals surface area contributed by atoms with Gasteiger partial charge in [0.2, 0.25) is 11.2 Å². The largest absolute Gasteiger partial charge is 0.435 e. The van der Waals surface area contributed by atoms with Crippen LogP contribution in [0.2, 0.25) is 0 Å². The monoisotopic (exact) mass is 374 g/mol. The summed E-state index contributed by atoms with van der Waals surface area (Å²) in [5.74, 6) is 1.02. The Labute approximate surface area is 169 Å². The summed E-state index contributed by atoms with van der Waals surface area (Å²) in [4.78, 5) is 0. The second-order valence-electron chi connectivity index (χ2n) is 8.80. The van der Waals surface area contributed by atoms with E-state index in [0.29, 0.717) is 6.73 Å². The summed E-state index contributed by atoms with van der Waals surface area (Å²) in [6, 6.07) is 26.5.